The molecule has 0 spiro atoms. The van der Waals surface area contributed by atoms with E-state index in [1.807, 2.05) is 12.1 Å². The Morgan fingerprint density at radius 2 is 1.40 bits per heavy atom. The summed E-state index contributed by atoms with van der Waals surface area (Å²) in [6.45, 7) is 29.4. The molecule has 0 atom stereocenters. The summed E-state index contributed by atoms with van der Waals surface area (Å²) in [7, 11) is -3.46. The third-order valence-corrected chi connectivity index (χ3v) is 15.8. The number of rotatable bonds is 8. The molecule has 0 bridgehead atoms. The molecule has 0 unspecified atom stereocenters. The second-order valence-corrected chi connectivity index (χ2v) is 22.1. The van der Waals surface area contributed by atoms with E-state index in [4.69, 9.17) is 9.16 Å². The van der Waals surface area contributed by atoms with E-state index in [-0.39, 0.29) is 15.5 Å². The van der Waals surface area contributed by atoms with Crippen LogP contribution in [-0.4, -0.2) is 42.1 Å². The molecule has 0 fully saturated rings. The van der Waals surface area contributed by atoms with Crippen molar-refractivity contribution >= 4 is 20.9 Å². The summed E-state index contributed by atoms with van der Waals surface area (Å²) in [6.07, 6.45) is 0.992. The Bertz CT molecular complexity index is 658. The van der Waals surface area contributed by atoms with Crippen LogP contribution in [-0.2, 0) is 4.43 Å². The first-order chi connectivity index (χ1) is 13.4. The van der Waals surface area contributed by atoms with Crippen molar-refractivity contribution in [2.45, 2.75) is 110 Å². The molecular weight excluding hydrogens is 407 g/mol. The molecule has 30 heavy (non-hydrogen) atoms. The fourth-order valence-corrected chi connectivity index (χ4v) is 17.1. The van der Waals surface area contributed by atoms with Crippen molar-refractivity contribution in [3.05, 3.63) is 18.2 Å². The molecule has 0 heterocycles. The van der Waals surface area contributed by atoms with Crippen molar-refractivity contribution < 1.29 is 14.3 Å². The summed E-state index contributed by atoms with van der Waals surface area (Å²) in [5, 5.41) is 11.9. The lowest BCUT2D eigenvalue weighted by molar-refractivity contribution is 0.302. The van der Waals surface area contributed by atoms with Crippen molar-refractivity contribution in [2.24, 2.45) is 0 Å². The Labute approximate surface area is 188 Å². The van der Waals surface area contributed by atoms with Crippen LogP contribution in [0, 0.1) is 0 Å². The monoisotopic (exact) mass is 455 g/mol. The van der Waals surface area contributed by atoms with E-state index in [2.05, 4.69) is 82.3 Å². The molecule has 0 amide bonds. The summed E-state index contributed by atoms with van der Waals surface area (Å²) in [4.78, 5) is 0. The highest BCUT2D eigenvalue weighted by atomic mass is 31.2. The van der Waals surface area contributed by atoms with Gasteiger partial charge in [-0.1, -0.05) is 0 Å². The van der Waals surface area contributed by atoms with Crippen molar-refractivity contribution in [2.75, 3.05) is 13.2 Å². The first-order valence-electron chi connectivity index (χ1n) is 11.4. The molecule has 1 aromatic rings. The number of benzene rings is 1. The summed E-state index contributed by atoms with van der Waals surface area (Å²) >= 11 is 0. The zero-order chi connectivity index (χ0) is 23.6. The Morgan fingerprint density at radius 1 is 0.900 bits per heavy atom. The average molecular weight is 456 g/mol. The van der Waals surface area contributed by atoms with Crippen LogP contribution >= 0.6 is 7.26 Å². The minimum Gasteiger partial charge on any atom is -0.508 e. The Kier molecular flexibility index (Phi) is 8.70. The molecule has 0 aliphatic rings. The van der Waals surface area contributed by atoms with Gasteiger partial charge in [0.1, 0.15) is 11.1 Å². The normalized spacial score (nSPS) is 14.1. The number of aromatic hydroxyl groups is 1. The highest BCUT2D eigenvalue weighted by Gasteiger charge is 2.67. The quantitative estimate of drug-likeness (QED) is 0.251. The van der Waals surface area contributed by atoms with Gasteiger partial charge in [0.15, 0.2) is 14.1 Å². The number of hydrogen-bond acceptors (Lipinski definition) is 3. The minimum atomic E-state index is -1.86. The molecule has 3 nitrogen and oxygen atoms in total. The van der Waals surface area contributed by atoms with Crippen LogP contribution in [0.15, 0.2) is 18.2 Å². The zero-order valence-corrected chi connectivity index (χ0v) is 23.7. The highest BCUT2D eigenvalue weighted by molar-refractivity contribution is 7.87. The van der Waals surface area contributed by atoms with Gasteiger partial charge in [-0.15, -0.1) is 0 Å². The second-order valence-electron chi connectivity index (χ2n) is 12.0. The molecule has 174 valence electrons. The maximum atomic E-state index is 10.5. The third-order valence-electron chi connectivity index (χ3n) is 6.04. The van der Waals surface area contributed by atoms with E-state index >= 15 is 0 Å². The van der Waals surface area contributed by atoms with E-state index in [1.165, 1.54) is 5.30 Å². The lowest BCUT2D eigenvalue weighted by Gasteiger charge is -2.54. The van der Waals surface area contributed by atoms with Gasteiger partial charge in [0.25, 0.3) is 0 Å². The van der Waals surface area contributed by atoms with E-state index < -0.39 is 15.6 Å². The maximum absolute atomic E-state index is 10.5. The van der Waals surface area contributed by atoms with Gasteiger partial charge in [-0.2, -0.15) is 0 Å². The maximum Gasteiger partial charge on any atom is 0.186 e. The average Bonchev–Trinajstić information content (AvgIpc) is 2.49. The van der Waals surface area contributed by atoms with Gasteiger partial charge in [0.05, 0.1) is 29.3 Å². The van der Waals surface area contributed by atoms with Crippen molar-refractivity contribution in [1.82, 2.24) is 0 Å². The van der Waals surface area contributed by atoms with E-state index in [1.54, 1.807) is 6.07 Å². The van der Waals surface area contributed by atoms with Gasteiger partial charge in [-0.05, 0) is 107 Å². The standard InChI is InChI=1S/C25H47O3PSi/c1-13-28-30(11,12)18-14-17-27-21-16-15-20(26)19-22(21)29(23(2,3)4,24(5,6)7)25(8,9)10/h15-16,19H,13-14,17-18H2,1-12H3/p+1. The number of ether oxygens (including phenoxy) is 1. The van der Waals surface area contributed by atoms with Crippen LogP contribution in [0.3, 0.4) is 0 Å². The molecule has 0 saturated carbocycles. The van der Waals surface area contributed by atoms with Crippen LogP contribution in [0.1, 0.15) is 75.7 Å². The summed E-state index contributed by atoms with van der Waals surface area (Å²) < 4.78 is 12.4. The van der Waals surface area contributed by atoms with Gasteiger partial charge < -0.3 is 14.3 Å². The Hall–Kier alpha value is -0.573. The minimum absolute atomic E-state index is 0.0548. The lowest BCUT2D eigenvalue weighted by Crippen LogP contribution is -2.49. The van der Waals surface area contributed by atoms with Crippen molar-refractivity contribution in [3.63, 3.8) is 0 Å². The van der Waals surface area contributed by atoms with Crippen molar-refractivity contribution in [1.29, 1.82) is 0 Å². The first kappa shape index (κ1) is 27.5. The molecule has 1 aromatic carbocycles. The van der Waals surface area contributed by atoms with Crippen LogP contribution in [0.25, 0.3) is 0 Å². The van der Waals surface area contributed by atoms with Gasteiger partial charge in [-0.3, -0.25) is 0 Å². The molecule has 1 rings (SSSR count). The smallest absolute Gasteiger partial charge is 0.186 e. The van der Waals surface area contributed by atoms with Crippen molar-refractivity contribution in [3.8, 4) is 11.5 Å². The zero-order valence-electron chi connectivity index (χ0n) is 21.8. The molecule has 0 saturated heterocycles. The van der Waals surface area contributed by atoms with Gasteiger partial charge in [0, 0.05) is 12.7 Å². The molecule has 0 aliphatic carbocycles. The number of hydrogen-bond donors (Lipinski definition) is 1. The number of phenolic OH excluding ortho intramolecular Hbond substituents is 1. The molecule has 0 aliphatic heterocycles. The summed E-state index contributed by atoms with van der Waals surface area (Å²) in [5.74, 6) is 1.26. The van der Waals surface area contributed by atoms with Crippen LogP contribution < -0.4 is 10.0 Å². The van der Waals surface area contributed by atoms with Gasteiger partial charge in [-0.25, -0.2) is 0 Å². The van der Waals surface area contributed by atoms with Gasteiger partial charge >= 0.3 is 0 Å². The summed E-state index contributed by atoms with van der Waals surface area (Å²) in [6, 6.07) is 6.82. The van der Waals surface area contributed by atoms with Crippen LogP contribution in [0.4, 0.5) is 0 Å². The first-order valence-corrected chi connectivity index (χ1v) is 16.3. The molecule has 1 N–H and O–H groups in total. The predicted octanol–water partition coefficient (Wildman–Crippen LogP) is 7.44. The molecular formula is C25H48O3PSi+. The molecule has 0 radical (unpaired) electrons. The predicted molar refractivity (Wildman–Crippen MR) is 138 cm³/mol. The largest absolute Gasteiger partial charge is 0.508 e. The SMILES string of the molecule is CCO[Si](C)(C)CCCOc1ccc(O)cc1[P+](C(C)(C)C)(C(C)(C)C)C(C)(C)C. The summed E-state index contributed by atoms with van der Waals surface area (Å²) in [5.41, 5.74) is 0. The van der Waals surface area contributed by atoms with Crippen LogP contribution in [0.2, 0.25) is 19.1 Å². The van der Waals surface area contributed by atoms with E-state index in [0.717, 1.165) is 24.8 Å². The Balaban J connectivity index is 3.43. The van der Waals surface area contributed by atoms with Gasteiger partial charge in [0.2, 0.25) is 0 Å². The highest BCUT2D eigenvalue weighted by Crippen LogP contribution is 2.83. The van der Waals surface area contributed by atoms with E-state index in [0.29, 0.717) is 12.4 Å². The second kappa shape index (κ2) is 9.51. The molecule has 0 aromatic heterocycles. The lowest BCUT2D eigenvalue weighted by atomic mass is 10.2. The fourth-order valence-electron chi connectivity index (χ4n) is 6.14. The fraction of sp³-hybridized carbons (Fsp3) is 0.760. The number of phenols is 1. The molecule has 5 heteroatoms. The Morgan fingerprint density at radius 3 is 1.83 bits per heavy atom. The third kappa shape index (κ3) is 5.81. The van der Waals surface area contributed by atoms with E-state index in [9.17, 15) is 5.11 Å². The topological polar surface area (TPSA) is 38.7 Å². The van der Waals surface area contributed by atoms with Crippen LogP contribution in [0.5, 0.6) is 11.5 Å².